The summed E-state index contributed by atoms with van der Waals surface area (Å²) < 4.78 is 61.5. The molecule has 3 heterocycles. The van der Waals surface area contributed by atoms with E-state index < -0.39 is 33.5 Å². The first-order valence-electron chi connectivity index (χ1n) is 13.2. The van der Waals surface area contributed by atoms with Gasteiger partial charge in [0.05, 0.1) is 28.8 Å². The van der Waals surface area contributed by atoms with E-state index in [0.717, 1.165) is 15.2 Å². The number of hydrogen-bond donors (Lipinski definition) is 2. The third-order valence-electron chi connectivity index (χ3n) is 7.32. The maximum Gasteiger partial charge on any atom is 0.274 e. The molecule has 43 heavy (non-hydrogen) atoms. The van der Waals surface area contributed by atoms with Gasteiger partial charge in [-0.15, -0.1) is 0 Å². The van der Waals surface area contributed by atoms with Crippen molar-refractivity contribution < 1.29 is 26.4 Å². The summed E-state index contributed by atoms with van der Waals surface area (Å²) in [4.78, 5) is 29.8. The molecule has 0 bridgehead atoms. The molecule has 0 spiro atoms. The number of benzene rings is 2. The van der Waals surface area contributed by atoms with Gasteiger partial charge in [0, 0.05) is 55.0 Å². The average Bonchev–Trinajstić information content (AvgIpc) is 3.53. The molecule has 2 N–H and O–H groups in total. The molecule has 13 heteroatoms. The van der Waals surface area contributed by atoms with E-state index in [2.05, 4.69) is 15.4 Å². The summed E-state index contributed by atoms with van der Waals surface area (Å²) in [6.45, 7) is 3.14. The van der Waals surface area contributed by atoms with Crippen molar-refractivity contribution in [2.75, 3.05) is 24.7 Å². The summed E-state index contributed by atoms with van der Waals surface area (Å²) in [5, 5.41) is 7.22. The van der Waals surface area contributed by atoms with Crippen LogP contribution >= 0.6 is 0 Å². The summed E-state index contributed by atoms with van der Waals surface area (Å²) in [5.74, 6) is -0.848. The van der Waals surface area contributed by atoms with E-state index in [1.165, 1.54) is 70.5 Å². The Hall–Kier alpha value is -4.78. The number of fused-ring (bicyclic) bond motifs is 1. The Morgan fingerprint density at radius 2 is 1.81 bits per heavy atom. The number of sulfonamides is 1. The van der Waals surface area contributed by atoms with Gasteiger partial charge in [-0.3, -0.25) is 13.9 Å². The number of rotatable bonds is 7. The predicted octanol–water partition coefficient (Wildman–Crippen LogP) is 5.09. The van der Waals surface area contributed by atoms with Gasteiger partial charge < -0.3 is 14.7 Å². The second-order valence-electron chi connectivity index (χ2n) is 10.2. The minimum atomic E-state index is -3.83. The Morgan fingerprint density at radius 1 is 1.14 bits per heavy atom. The lowest BCUT2D eigenvalue weighted by atomic mass is 9.98. The topological polar surface area (TPSA) is 130 Å². The van der Waals surface area contributed by atoms with Crippen LogP contribution in [0, 0.1) is 12.7 Å². The average molecular weight is 610 g/mol. The van der Waals surface area contributed by atoms with Crippen molar-refractivity contribution in [2.24, 2.45) is 7.05 Å². The zero-order valence-corrected chi connectivity index (χ0v) is 25.1. The number of furan rings is 1. The number of alkyl halides is 1. The zero-order valence-electron chi connectivity index (χ0n) is 24.2. The monoisotopic (exact) mass is 609 g/mol. The molecule has 0 saturated heterocycles. The van der Waals surface area contributed by atoms with Crippen molar-refractivity contribution in [2.45, 2.75) is 20.0 Å². The van der Waals surface area contributed by atoms with Gasteiger partial charge in [-0.2, -0.15) is 5.10 Å². The second-order valence-corrected chi connectivity index (χ2v) is 12.3. The number of aromatic nitrogens is 3. The standard InChI is InChI=1S/C30H29F2N5O5S/c1-15(31)19-12-23(34-16(19)2)24-13-21(30(39)36(4)35-24)20-11-22-26(14-25(20)37(5)43(6,40)41)42-28(27(22)29(38)33-3)17-7-9-18(32)10-8-17/h7-15,34H,1-6H3,(H,33,38). The number of carbonyl (C=O) groups excluding carboxylic acids is 1. The van der Waals surface area contributed by atoms with Gasteiger partial charge in [-0.1, -0.05) is 0 Å². The van der Waals surface area contributed by atoms with E-state index in [1.807, 2.05) is 0 Å². The number of aryl methyl sites for hydroxylation is 2. The van der Waals surface area contributed by atoms with Crippen molar-refractivity contribution in [3.05, 3.63) is 81.5 Å². The first kappa shape index (κ1) is 29.7. The molecule has 5 aromatic rings. The molecule has 224 valence electrons. The van der Waals surface area contributed by atoms with E-state index in [-0.39, 0.29) is 33.7 Å². The summed E-state index contributed by atoms with van der Waals surface area (Å²) >= 11 is 0. The number of nitrogens with one attached hydrogen (secondary N) is 2. The van der Waals surface area contributed by atoms with Crippen molar-refractivity contribution >= 4 is 32.6 Å². The van der Waals surface area contributed by atoms with Crippen LogP contribution in [0.2, 0.25) is 0 Å². The molecular weight excluding hydrogens is 580 g/mol. The normalized spacial score (nSPS) is 12.5. The number of amides is 1. The van der Waals surface area contributed by atoms with Crippen molar-refractivity contribution in [1.29, 1.82) is 0 Å². The summed E-state index contributed by atoms with van der Waals surface area (Å²) in [7, 11) is 0.387. The molecule has 1 amide bonds. The van der Waals surface area contributed by atoms with E-state index in [9.17, 15) is 26.8 Å². The summed E-state index contributed by atoms with van der Waals surface area (Å²) in [6.07, 6.45) is -0.227. The molecule has 0 radical (unpaired) electrons. The fraction of sp³-hybridized carbons (Fsp3) is 0.233. The third kappa shape index (κ3) is 5.31. The Labute approximate surface area is 246 Å². The fourth-order valence-electron chi connectivity index (χ4n) is 5.00. The highest BCUT2D eigenvalue weighted by Gasteiger charge is 2.27. The van der Waals surface area contributed by atoms with Crippen molar-refractivity contribution in [3.8, 4) is 33.8 Å². The van der Waals surface area contributed by atoms with Crippen molar-refractivity contribution in [1.82, 2.24) is 20.1 Å². The van der Waals surface area contributed by atoms with Gasteiger partial charge >= 0.3 is 0 Å². The SMILES string of the molecule is CNC(=O)c1c(-c2ccc(F)cc2)oc2cc(N(C)S(C)(=O)=O)c(-c3cc(-c4cc(C(C)F)c(C)[nH]4)nn(C)c3=O)cc12. The van der Waals surface area contributed by atoms with E-state index in [0.29, 0.717) is 33.6 Å². The Kier molecular flexibility index (Phi) is 7.46. The third-order valence-corrected chi connectivity index (χ3v) is 8.51. The number of hydrogen-bond acceptors (Lipinski definition) is 6. The molecule has 0 aliphatic rings. The van der Waals surface area contributed by atoms with Gasteiger partial charge in [-0.05, 0) is 56.3 Å². The number of H-pyrrole nitrogens is 1. The highest BCUT2D eigenvalue weighted by molar-refractivity contribution is 7.92. The maximum absolute atomic E-state index is 14.2. The van der Waals surface area contributed by atoms with E-state index in [4.69, 9.17) is 4.42 Å². The molecule has 2 aromatic carbocycles. The molecule has 3 aromatic heterocycles. The van der Waals surface area contributed by atoms with Crippen LogP contribution in [-0.2, 0) is 17.1 Å². The molecular formula is C30H29F2N5O5S. The smallest absolute Gasteiger partial charge is 0.274 e. The van der Waals surface area contributed by atoms with Gasteiger partial charge in [0.25, 0.3) is 11.5 Å². The van der Waals surface area contributed by atoms with Crippen LogP contribution in [0.5, 0.6) is 0 Å². The van der Waals surface area contributed by atoms with Crippen LogP contribution in [0.1, 0.15) is 34.7 Å². The van der Waals surface area contributed by atoms with E-state index >= 15 is 0 Å². The van der Waals surface area contributed by atoms with Gasteiger partial charge in [0.2, 0.25) is 10.0 Å². The predicted molar refractivity (Wildman–Crippen MR) is 161 cm³/mol. The highest BCUT2D eigenvalue weighted by atomic mass is 32.2. The fourth-order valence-corrected chi connectivity index (χ4v) is 5.51. The number of anilines is 1. The molecule has 10 nitrogen and oxygen atoms in total. The second kappa shape index (κ2) is 10.8. The quantitative estimate of drug-likeness (QED) is 0.264. The number of carbonyl (C=O) groups is 1. The Morgan fingerprint density at radius 3 is 2.40 bits per heavy atom. The summed E-state index contributed by atoms with van der Waals surface area (Å²) in [5.41, 5.74) is 2.33. The molecule has 1 atom stereocenters. The molecule has 0 aliphatic heterocycles. The molecule has 0 aliphatic carbocycles. The van der Waals surface area contributed by atoms with Gasteiger partial charge in [0.15, 0.2) is 0 Å². The van der Waals surface area contributed by atoms with Crippen LogP contribution in [0.3, 0.4) is 0 Å². The first-order valence-corrected chi connectivity index (χ1v) is 15.0. The molecule has 0 saturated carbocycles. The maximum atomic E-state index is 14.2. The minimum Gasteiger partial charge on any atom is -0.455 e. The Balaban J connectivity index is 1.86. The van der Waals surface area contributed by atoms with Crippen LogP contribution in [-0.4, -0.2) is 49.4 Å². The van der Waals surface area contributed by atoms with Crippen LogP contribution in [0.4, 0.5) is 14.5 Å². The lowest BCUT2D eigenvalue weighted by molar-refractivity contribution is 0.0964. The van der Waals surface area contributed by atoms with Crippen LogP contribution in [0.25, 0.3) is 44.8 Å². The minimum absolute atomic E-state index is 0.0781. The lowest BCUT2D eigenvalue weighted by Gasteiger charge is -2.21. The first-order chi connectivity index (χ1) is 20.2. The number of halogens is 2. The van der Waals surface area contributed by atoms with Crippen molar-refractivity contribution in [3.63, 3.8) is 0 Å². The van der Waals surface area contributed by atoms with Crippen LogP contribution < -0.4 is 15.2 Å². The molecule has 5 rings (SSSR count). The van der Waals surface area contributed by atoms with Gasteiger partial charge in [0.1, 0.15) is 29.0 Å². The largest absolute Gasteiger partial charge is 0.455 e. The molecule has 0 fully saturated rings. The van der Waals surface area contributed by atoms with Crippen LogP contribution in [0.15, 0.2) is 57.7 Å². The Bertz CT molecular complexity index is 2060. The number of aromatic amines is 1. The number of nitrogens with zero attached hydrogens (tertiary/aromatic N) is 3. The zero-order chi connectivity index (χ0) is 31.4. The molecule has 1 unspecified atom stereocenters. The highest BCUT2D eigenvalue weighted by Crippen LogP contribution is 2.41. The lowest BCUT2D eigenvalue weighted by Crippen LogP contribution is -2.27. The van der Waals surface area contributed by atoms with E-state index in [1.54, 1.807) is 13.0 Å². The van der Waals surface area contributed by atoms with Gasteiger partial charge in [-0.25, -0.2) is 21.9 Å². The summed E-state index contributed by atoms with van der Waals surface area (Å²) in [6, 6.07) is 11.4.